The minimum atomic E-state index is -1.28. The Morgan fingerprint density at radius 3 is 3.07 bits per heavy atom. The third-order valence-electron chi connectivity index (χ3n) is 4.52. The van der Waals surface area contributed by atoms with Crippen molar-refractivity contribution < 1.29 is 19.4 Å². The number of nitrogens with one attached hydrogen (secondary N) is 1. The van der Waals surface area contributed by atoms with Crippen molar-refractivity contribution in [3.05, 3.63) is 47.3 Å². The van der Waals surface area contributed by atoms with Crippen molar-refractivity contribution >= 4 is 5.91 Å². The average molecular weight is 373 g/mol. The van der Waals surface area contributed by atoms with Gasteiger partial charge in [-0.2, -0.15) is 5.10 Å². The van der Waals surface area contributed by atoms with E-state index in [1.54, 1.807) is 11.0 Å². The second kappa shape index (κ2) is 8.54. The summed E-state index contributed by atoms with van der Waals surface area (Å²) in [6.45, 7) is 5.11. The fraction of sp³-hybridized carbons (Fsp3) is 0.500. The number of aryl methyl sites for hydroxylation is 2. The number of carbonyl (C=O) groups is 1. The Kier molecular flexibility index (Phi) is 6.13. The first-order valence-electron chi connectivity index (χ1n) is 9.32. The molecule has 1 saturated heterocycles. The van der Waals surface area contributed by atoms with Crippen LogP contribution in [0.2, 0.25) is 0 Å². The van der Waals surface area contributed by atoms with E-state index in [-0.39, 0.29) is 25.7 Å². The van der Waals surface area contributed by atoms with Crippen molar-refractivity contribution in [2.24, 2.45) is 0 Å². The number of rotatable bonds is 6. The number of aromatic amines is 1. The van der Waals surface area contributed by atoms with Gasteiger partial charge in [0.1, 0.15) is 23.7 Å². The van der Waals surface area contributed by atoms with Crippen LogP contribution < -0.4 is 4.74 Å². The van der Waals surface area contributed by atoms with Crippen LogP contribution in [-0.4, -0.2) is 64.6 Å². The summed E-state index contributed by atoms with van der Waals surface area (Å²) in [7, 11) is 0. The third kappa shape index (κ3) is 5.08. The van der Waals surface area contributed by atoms with Gasteiger partial charge < -0.3 is 19.5 Å². The topological polar surface area (TPSA) is 87.7 Å². The Morgan fingerprint density at radius 2 is 2.30 bits per heavy atom. The second-order valence-electron chi connectivity index (χ2n) is 7.14. The van der Waals surface area contributed by atoms with Crippen LogP contribution in [-0.2, 0) is 11.2 Å². The maximum absolute atomic E-state index is 12.8. The number of hydrogen-bond donors (Lipinski definition) is 2. The zero-order valence-corrected chi connectivity index (χ0v) is 15.9. The molecule has 27 heavy (non-hydrogen) atoms. The molecule has 0 saturated carbocycles. The van der Waals surface area contributed by atoms with E-state index in [0.29, 0.717) is 24.6 Å². The van der Waals surface area contributed by atoms with Crippen LogP contribution in [0.5, 0.6) is 5.75 Å². The van der Waals surface area contributed by atoms with Crippen molar-refractivity contribution in [2.45, 2.75) is 32.3 Å². The van der Waals surface area contributed by atoms with Crippen molar-refractivity contribution in [1.29, 1.82) is 0 Å². The molecule has 1 amide bonds. The molecule has 0 aliphatic carbocycles. The minimum Gasteiger partial charge on any atom is -0.490 e. The van der Waals surface area contributed by atoms with Crippen LogP contribution in [0.4, 0.5) is 0 Å². The summed E-state index contributed by atoms with van der Waals surface area (Å²) in [4.78, 5) is 14.4. The molecule has 0 spiro atoms. The third-order valence-corrected chi connectivity index (χ3v) is 4.52. The number of hydrogen-bond acceptors (Lipinski definition) is 5. The van der Waals surface area contributed by atoms with Crippen molar-refractivity contribution in [3.8, 4) is 5.75 Å². The highest BCUT2D eigenvalue weighted by molar-refractivity contribution is 5.92. The van der Waals surface area contributed by atoms with E-state index in [2.05, 4.69) is 17.1 Å². The van der Waals surface area contributed by atoms with Crippen LogP contribution >= 0.6 is 0 Å². The Morgan fingerprint density at radius 1 is 1.44 bits per heavy atom. The van der Waals surface area contributed by atoms with E-state index >= 15 is 0 Å². The first kappa shape index (κ1) is 19.4. The summed E-state index contributed by atoms with van der Waals surface area (Å²) < 4.78 is 11.3. The number of β-amino-alcohol motifs (C(OH)–C–C–N with tert-alkyl or cyclic N) is 1. The summed E-state index contributed by atoms with van der Waals surface area (Å²) in [6.07, 6.45) is 1.82. The van der Waals surface area contributed by atoms with Gasteiger partial charge in [-0.25, -0.2) is 0 Å². The number of H-pyrrole nitrogens is 1. The molecular weight excluding hydrogens is 346 g/mol. The molecule has 0 radical (unpaired) electrons. The molecule has 2 aromatic rings. The van der Waals surface area contributed by atoms with E-state index < -0.39 is 5.60 Å². The van der Waals surface area contributed by atoms with Gasteiger partial charge in [0.15, 0.2) is 0 Å². The highest BCUT2D eigenvalue weighted by Crippen LogP contribution is 2.19. The molecule has 1 aromatic heterocycles. The lowest BCUT2D eigenvalue weighted by atomic mass is 10.1. The molecule has 1 aromatic carbocycles. The molecule has 2 heterocycles. The lowest BCUT2D eigenvalue weighted by Crippen LogP contribution is -2.50. The SMILES string of the molecule is CCCc1cc(C(=O)N2CCOCC(O)(COc3cccc(C)c3)C2)n[nH]1. The van der Waals surface area contributed by atoms with Gasteiger partial charge in [-0.05, 0) is 37.1 Å². The number of aliphatic hydroxyl groups is 1. The van der Waals surface area contributed by atoms with Gasteiger partial charge in [0.05, 0.1) is 19.8 Å². The van der Waals surface area contributed by atoms with Gasteiger partial charge in [-0.15, -0.1) is 0 Å². The van der Waals surface area contributed by atoms with Gasteiger partial charge in [-0.1, -0.05) is 25.5 Å². The van der Waals surface area contributed by atoms with Crippen molar-refractivity contribution in [1.82, 2.24) is 15.1 Å². The van der Waals surface area contributed by atoms with E-state index in [4.69, 9.17) is 9.47 Å². The highest BCUT2D eigenvalue weighted by Gasteiger charge is 2.36. The number of amides is 1. The number of benzene rings is 1. The zero-order chi connectivity index (χ0) is 19.3. The predicted molar refractivity (Wildman–Crippen MR) is 101 cm³/mol. The minimum absolute atomic E-state index is 0.0435. The van der Waals surface area contributed by atoms with E-state index in [1.165, 1.54) is 0 Å². The van der Waals surface area contributed by atoms with Crippen LogP contribution in [0.15, 0.2) is 30.3 Å². The Balaban J connectivity index is 1.67. The molecule has 3 rings (SSSR count). The lowest BCUT2D eigenvalue weighted by Gasteiger charge is -2.30. The van der Waals surface area contributed by atoms with Crippen molar-refractivity contribution in [3.63, 3.8) is 0 Å². The molecule has 146 valence electrons. The summed E-state index contributed by atoms with van der Waals surface area (Å²) in [5.41, 5.74) is 1.10. The summed E-state index contributed by atoms with van der Waals surface area (Å²) in [6, 6.07) is 9.41. The molecule has 0 bridgehead atoms. The Hall–Kier alpha value is -2.38. The zero-order valence-electron chi connectivity index (χ0n) is 15.9. The van der Waals surface area contributed by atoms with Crippen LogP contribution in [0.3, 0.4) is 0 Å². The van der Waals surface area contributed by atoms with E-state index in [0.717, 1.165) is 24.1 Å². The van der Waals surface area contributed by atoms with E-state index in [1.807, 2.05) is 31.2 Å². The van der Waals surface area contributed by atoms with Gasteiger partial charge in [0, 0.05) is 12.2 Å². The number of aromatic nitrogens is 2. The molecule has 7 nitrogen and oxygen atoms in total. The highest BCUT2D eigenvalue weighted by atomic mass is 16.5. The number of ether oxygens (including phenoxy) is 2. The average Bonchev–Trinajstić information content (AvgIpc) is 3.02. The van der Waals surface area contributed by atoms with Crippen LogP contribution in [0, 0.1) is 6.92 Å². The van der Waals surface area contributed by atoms with Gasteiger partial charge >= 0.3 is 0 Å². The first-order chi connectivity index (χ1) is 13.0. The summed E-state index contributed by atoms with van der Waals surface area (Å²) in [5.74, 6) is 0.468. The number of carbonyl (C=O) groups excluding carboxylic acids is 1. The normalized spacial score (nSPS) is 20.3. The standard InChI is InChI=1S/C20H27N3O4/c1-3-5-16-11-18(22-21-16)19(24)23-8-9-26-13-20(25,12-23)14-27-17-7-4-6-15(2)10-17/h4,6-7,10-11,25H,3,5,8-9,12-14H2,1-2H3,(H,21,22). The molecule has 1 aliphatic heterocycles. The summed E-state index contributed by atoms with van der Waals surface area (Å²) >= 11 is 0. The molecular formula is C20H27N3O4. The van der Waals surface area contributed by atoms with E-state index in [9.17, 15) is 9.90 Å². The molecule has 1 atom stereocenters. The maximum Gasteiger partial charge on any atom is 0.274 e. The smallest absolute Gasteiger partial charge is 0.274 e. The van der Waals surface area contributed by atoms with Crippen molar-refractivity contribution in [2.75, 3.05) is 32.9 Å². The second-order valence-corrected chi connectivity index (χ2v) is 7.14. The lowest BCUT2D eigenvalue weighted by molar-refractivity contribution is -0.0621. The van der Waals surface area contributed by atoms with Gasteiger partial charge in [0.25, 0.3) is 5.91 Å². The van der Waals surface area contributed by atoms with Gasteiger partial charge in [-0.3, -0.25) is 9.89 Å². The fourth-order valence-electron chi connectivity index (χ4n) is 3.13. The molecule has 7 heteroatoms. The first-order valence-corrected chi connectivity index (χ1v) is 9.32. The largest absolute Gasteiger partial charge is 0.490 e. The fourth-order valence-corrected chi connectivity index (χ4v) is 3.13. The molecule has 1 aliphatic rings. The Bertz CT molecular complexity index is 776. The van der Waals surface area contributed by atoms with Crippen LogP contribution in [0.25, 0.3) is 0 Å². The van der Waals surface area contributed by atoms with Crippen LogP contribution in [0.1, 0.15) is 35.1 Å². The monoisotopic (exact) mass is 373 g/mol. The maximum atomic E-state index is 12.8. The quantitative estimate of drug-likeness (QED) is 0.808. The predicted octanol–water partition coefficient (Wildman–Crippen LogP) is 1.95. The number of nitrogens with zero attached hydrogens (tertiary/aromatic N) is 2. The molecule has 1 unspecified atom stereocenters. The summed E-state index contributed by atoms with van der Waals surface area (Å²) in [5, 5.41) is 18.0. The van der Waals surface area contributed by atoms with Gasteiger partial charge in [0.2, 0.25) is 0 Å². The molecule has 2 N–H and O–H groups in total. The molecule has 1 fully saturated rings. The Labute approximate surface area is 159 Å².